The van der Waals surface area contributed by atoms with E-state index in [9.17, 15) is 14.4 Å². The van der Waals surface area contributed by atoms with Gasteiger partial charge in [0.05, 0.1) is 6.42 Å². The van der Waals surface area contributed by atoms with Gasteiger partial charge in [-0.25, -0.2) is 0 Å². The molecule has 0 spiro atoms. The highest BCUT2D eigenvalue weighted by atomic mass is 16.4. The fourth-order valence-corrected chi connectivity index (χ4v) is 1.63. The minimum Gasteiger partial charge on any atom is -0.409 e. The summed E-state index contributed by atoms with van der Waals surface area (Å²) >= 11 is 0. The molecule has 1 rings (SSSR count). The smallest absolute Gasteiger partial charge is 0.249 e. The number of nitrogens with one attached hydrogen (secondary N) is 1. The molecule has 8 nitrogen and oxygen atoms in total. The van der Waals surface area contributed by atoms with E-state index in [1.807, 2.05) is 0 Å². The molecule has 0 aromatic carbocycles. The van der Waals surface area contributed by atoms with Gasteiger partial charge in [-0.15, -0.1) is 0 Å². The number of carbonyl (C=O) groups is 3. The van der Waals surface area contributed by atoms with Gasteiger partial charge >= 0.3 is 0 Å². The maximum atomic E-state index is 11.7. The Hall–Kier alpha value is -2.12. The van der Waals surface area contributed by atoms with E-state index >= 15 is 0 Å². The number of piperazine rings is 1. The monoisotopic (exact) mass is 242 g/mol. The highest BCUT2D eigenvalue weighted by Gasteiger charge is 2.35. The van der Waals surface area contributed by atoms with Crippen LogP contribution in [0.3, 0.4) is 0 Å². The van der Waals surface area contributed by atoms with Gasteiger partial charge in [0.15, 0.2) is 0 Å². The fourth-order valence-electron chi connectivity index (χ4n) is 1.63. The van der Waals surface area contributed by atoms with E-state index in [-0.39, 0.29) is 18.8 Å². The van der Waals surface area contributed by atoms with Crippen molar-refractivity contribution < 1.29 is 19.6 Å². The van der Waals surface area contributed by atoms with E-state index in [1.165, 1.54) is 0 Å². The van der Waals surface area contributed by atoms with Crippen molar-refractivity contribution in [3.05, 3.63) is 0 Å². The van der Waals surface area contributed by atoms with Gasteiger partial charge in [0.25, 0.3) is 0 Å². The summed E-state index contributed by atoms with van der Waals surface area (Å²) in [5.41, 5.74) is 5.20. The molecule has 1 atom stereocenters. The van der Waals surface area contributed by atoms with Gasteiger partial charge in [0.2, 0.25) is 17.7 Å². The van der Waals surface area contributed by atoms with Gasteiger partial charge in [-0.05, 0) is 6.42 Å². The average Bonchev–Trinajstić information content (AvgIpc) is 2.27. The Morgan fingerprint density at radius 3 is 2.82 bits per heavy atom. The van der Waals surface area contributed by atoms with Crippen molar-refractivity contribution in [2.24, 2.45) is 10.9 Å². The van der Waals surface area contributed by atoms with Crippen LogP contribution in [0.2, 0.25) is 0 Å². The number of hydrogen-bond donors (Lipinski definition) is 3. The highest BCUT2D eigenvalue weighted by Crippen LogP contribution is 2.10. The standard InChI is InChI=1S/C9H14N4O4/c1-2-5-9(16)11-7(14)4-13(5)8(15)3-6(10)12-17/h5,17H,2-4H2,1H3,(H2,10,12)(H,11,14,16). The third-order valence-corrected chi connectivity index (χ3v) is 2.42. The second kappa shape index (κ2) is 5.28. The molecule has 1 unspecified atom stereocenters. The molecule has 1 aliphatic rings. The predicted molar refractivity (Wildman–Crippen MR) is 57.0 cm³/mol. The van der Waals surface area contributed by atoms with Crippen molar-refractivity contribution in [3.8, 4) is 0 Å². The summed E-state index contributed by atoms with van der Waals surface area (Å²) in [5.74, 6) is -1.82. The maximum Gasteiger partial charge on any atom is 0.249 e. The number of amidine groups is 1. The molecule has 1 saturated heterocycles. The first-order valence-electron chi connectivity index (χ1n) is 5.09. The minimum atomic E-state index is -0.688. The second-order valence-electron chi connectivity index (χ2n) is 3.63. The van der Waals surface area contributed by atoms with Gasteiger partial charge in [-0.2, -0.15) is 0 Å². The molecule has 94 valence electrons. The Labute approximate surface area is 97.4 Å². The zero-order chi connectivity index (χ0) is 13.0. The van der Waals surface area contributed by atoms with Crippen molar-refractivity contribution in [1.29, 1.82) is 0 Å². The average molecular weight is 242 g/mol. The first kappa shape index (κ1) is 12.9. The van der Waals surface area contributed by atoms with Crippen LogP contribution < -0.4 is 11.1 Å². The normalized spacial score (nSPS) is 21.4. The molecule has 0 radical (unpaired) electrons. The molecule has 0 bridgehead atoms. The second-order valence-corrected chi connectivity index (χ2v) is 3.63. The summed E-state index contributed by atoms with van der Waals surface area (Å²) in [6.45, 7) is 1.53. The van der Waals surface area contributed by atoms with Gasteiger partial charge in [-0.1, -0.05) is 12.1 Å². The SMILES string of the molecule is CCC1C(=O)NC(=O)CN1C(=O)CC(N)=NO. The van der Waals surface area contributed by atoms with Crippen LogP contribution in [0, 0.1) is 0 Å². The molecule has 8 heteroatoms. The van der Waals surface area contributed by atoms with Gasteiger partial charge in [-0.3, -0.25) is 19.7 Å². The first-order chi connectivity index (χ1) is 7.99. The summed E-state index contributed by atoms with van der Waals surface area (Å²) in [5, 5.41) is 13.2. The van der Waals surface area contributed by atoms with E-state index in [0.29, 0.717) is 6.42 Å². The molecule has 0 aromatic heterocycles. The summed E-state index contributed by atoms with van der Waals surface area (Å²) in [6, 6.07) is -0.688. The molecule has 1 fully saturated rings. The molecular weight excluding hydrogens is 228 g/mol. The van der Waals surface area contributed by atoms with Crippen LogP contribution >= 0.6 is 0 Å². The fraction of sp³-hybridized carbons (Fsp3) is 0.556. The van der Waals surface area contributed by atoms with Gasteiger partial charge in [0, 0.05) is 0 Å². The molecule has 4 N–H and O–H groups in total. The van der Waals surface area contributed by atoms with Crippen LogP contribution in [0.15, 0.2) is 5.16 Å². The lowest BCUT2D eigenvalue weighted by Crippen LogP contribution is -2.59. The van der Waals surface area contributed by atoms with Crippen LogP contribution in [0.5, 0.6) is 0 Å². The number of nitrogens with zero attached hydrogens (tertiary/aromatic N) is 2. The molecular formula is C9H14N4O4. The third-order valence-electron chi connectivity index (χ3n) is 2.42. The van der Waals surface area contributed by atoms with E-state index in [0.717, 1.165) is 4.90 Å². The van der Waals surface area contributed by atoms with E-state index in [2.05, 4.69) is 10.5 Å². The number of oxime groups is 1. The van der Waals surface area contributed by atoms with Gasteiger partial charge in [0.1, 0.15) is 18.4 Å². The minimum absolute atomic E-state index is 0.193. The molecule has 1 aliphatic heterocycles. The number of imide groups is 1. The first-order valence-corrected chi connectivity index (χ1v) is 5.09. The third kappa shape index (κ3) is 2.92. The zero-order valence-electron chi connectivity index (χ0n) is 9.34. The molecule has 0 aliphatic carbocycles. The van der Waals surface area contributed by atoms with Crippen LogP contribution in [0.25, 0.3) is 0 Å². The molecule has 1 heterocycles. The van der Waals surface area contributed by atoms with Crippen molar-refractivity contribution in [2.45, 2.75) is 25.8 Å². The molecule has 3 amide bonds. The van der Waals surface area contributed by atoms with E-state index in [4.69, 9.17) is 10.9 Å². The quantitative estimate of drug-likeness (QED) is 0.180. The lowest BCUT2D eigenvalue weighted by atomic mass is 10.1. The van der Waals surface area contributed by atoms with Crippen LogP contribution in [-0.2, 0) is 14.4 Å². The van der Waals surface area contributed by atoms with Crippen LogP contribution in [0.4, 0.5) is 0 Å². The van der Waals surface area contributed by atoms with Crippen molar-refractivity contribution >= 4 is 23.6 Å². The largest absolute Gasteiger partial charge is 0.409 e. The Balaban J connectivity index is 2.81. The molecule has 17 heavy (non-hydrogen) atoms. The number of carbonyl (C=O) groups excluding carboxylic acids is 3. The Bertz CT molecular complexity index is 379. The molecule has 0 aromatic rings. The van der Waals surface area contributed by atoms with Crippen molar-refractivity contribution in [3.63, 3.8) is 0 Å². The lowest BCUT2D eigenvalue weighted by molar-refractivity contribution is -0.149. The number of hydrogen-bond acceptors (Lipinski definition) is 5. The summed E-state index contributed by atoms with van der Waals surface area (Å²) < 4.78 is 0. The number of amides is 3. The Morgan fingerprint density at radius 2 is 2.29 bits per heavy atom. The number of nitrogens with two attached hydrogens (primary N) is 1. The summed E-state index contributed by atoms with van der Waals surface area (Å²) in [6.07, 6.45) is 0.0641. The zero-order valence-corrected chi connectivity index (χ0v) is 9.34. The van der Waals surface area contributed by atoms with Crippen molar-refractivity contribution in [2.75, 3.05) is 6.54 Å². The van der Waals surface area contributed by atoms with E-state index in [1.54, 1.807) is 6.92 Å². The Morgan fingerprint density at radius 1 is 1.65 bits per heavy atom. The lowest BCUT2D eigenvalue weighted by Gasteiger charge is -2.33. The summed E-state index contributed by atoms with van der Waals surface area (Å²) in [7, 11) is 0. The topological polar surface area (TPSA) is 125 Å². The summed E-state index contributed by atoms with van der Waals surface area (Å²) in [4.78, 5) is 35.5. The maximum absolute atomic E-state index is 11.7. The molecule has 0 saturated carbocycles. The predicted octanol–water partition coefficient (Wildman–Crippen LogP) is -1.61. The van der Waals surface area contributed by atoms with Crippen molar-refractivity contribution in [1.82, 2.24) is 10.2 Å². The van der Waals surface area contributed by atoms with Crippen LogP contribution in [0.1, 0.15) is 19.8 Å². The van der Waals surface area contributed by atoms with Crippen LogP contribution in [-0.4, -0.2) is 46.3 Å². The van der Waals surface area contributed by atoms with E-state index < -0.39 is 23.8 Å². The highest BCUT2D eigenvalue weighted by molar-refractivity contribution is 6.07. The Kier molecular flexibility index (Phi) is 4.02. The number of rotatable bonds is 3. The van der Waals surface area contributed by atoms with Gasteiger partial charge < -0.3 is 15.8 Å².